The highest BCUT2D eigenvalue weighted by molar-refractivity contribution is 7.92. The lowest BCUT2D eigenvalue weighted by Gasteiger charge is -2.23. The second-order valence-electron chi connectivity index (χ2n) is 9.83. The Labute approximate surface area is 245 Å². The predicted molar refractivity (Wildman–Crippen MR) is 159 cm³/mol. The van der Waals surface area contributed by atoms with Crippen LogP contribution < -0.4 is 9.86 Å². The van der Waals surface area contributed by atoms with Crippen molar-refractivity contribution in [2.24, 2.45) is 16.1 Å². The lowest BCUT2D eigenvalue weighted by molar-refractivity contribution is 0.0697. The summed E-state index contributed by atoms with van der Waals surface area (Å²) in [6, 6.07) is 13.1. The maximum atomic E-state index is 13.3. The Morgan fingerprint density at radius 2 is 1.71 bits per heavy atom. The van der Waals surface area contributed by atoms with Crippen LogP contribution in [0.3, 0.4) is 0 Å². The molecule has 12 heteroatoms. The van der Waals surface area contributed by atoms with Crippen LogP contribution in [0.4, 0.5) is 17.1 Å². The van der Waals surface area contributed by atoms with Gasteiger partial charge in [-0.1, -0.05) is 33.1 Å². The number of aromatic hydroxyl groups is 1. The Hall–Kier alpha value is -4.50. The Kier molecular flexibility index (Phi) is 10.6. The summed E-state index contributed by atoms with van der Waals surface area (Å²) < 4.78 is 29.0. The Morgan fingerprint density at radius 1 is 1.07 bits per heavy atom. The van der Waals surface area contributed by atoms with E-state index in [1.807, 2.05) is 13.0 Å². The quantitative estimate of drug-likeness (QED) is 0.220. The fraction of sp³-hybridized carbons (Fsp3) is 0.367. The summed E-state index contributed by atoms with van der Waals surface area (Å²) >= 11 is 0. The molecule has 0 aliphatic heterocycles. The number of carbonyl (C=O) groups is 1. The van der Waals surface area contributed by atoms with Crippen LogP contribution in [0.15, 0.2) is 68.4 Å². The first-order valence-corrected chi connectivity index (χ1v) is 15.2. The molecule has 1 aromatic heterocycles. The number of hydrogen-bond acceptors (Lipinski definition) is 8. The second-order valence-corrected chi connectivity index (χ2v) is 11.7. The summed E-state index contributed by atoms with van der Waals surface area (Å²) in [5.74, 6) is -1.36. The second kappa shape index (κ2) is 13.9. The number of rotatable bonds is 13. The summed E-state index contributed by atoms with van der Waals surface area (Å²) in [5.41, 5.74) is 0.149. The zero-order valence-corrected chi connectivity index (χ0v) is 24.9. The third-order valence-electron chi connectivity index (χ3n) is 7.13. The number of sulfonamides is 1. The highest BCUT2D eigenvalue weighted by Crippen LogP contribution is 2.30. The van der Waals surface area contributed by atoms with Crippen LogP contribution in [0.5, 0.6) is 5.88 Å². The summed E-state index contributed by atoms with van der Waals surface area (Å²) in [5, 5.41) is 37.7. The monoisotopic (exact) mass is 593 g/mol. The van der Waals surface area contributed by atoms with Crippen LogP contribution in [0.2, 0.25) is 0 Å². The van der Waals surface area contributed by atoms with E-state index < -0.39 is 21.6 Å². The fourth-order valence-corrected chi connectivity index (χ4v) is 6.06. The Bertz CT molecular complexity index is 1660. The van der Waals surface area contributed by atoms with E-state index in [-0.39, 0.29) is 57.8 Å². The molecule has 1 unspecified atom stereocenters. The highest BCUT2D eigenvalue weighted by Gasteiger charge is 2.24. The molecular formula is C30H35N5O6S. The largest absolute Gasteiger partial charge is 0.493 e. The van der Waals surface area contributed by atoms with Crippen molar-refractivity contribution in [1.82, 2.24) is 4.57 Å². The van der Waals surface area contributed by atoms with Gasteiger partial charge in [0.1, 0.15) is 11.6 Å². The van der Waals surface area contributed by atoms with Gasteiger partial charge in [0.05, 0.1) is 21.8 Å². The van der Waals surface area contributed by atoms with E-state index in [1.165, 1.54) is 60.0 Å². The summed E-state index contributed by atoms with van der Waals surface area (Å²) in [6.45, 7) is 7.64. The van der Waals surface area contributed by atoms with E-state index in [4.69, 9.17) is 5.11 Å². The van der Waals surface area contributed by atoms with Crippen LogP contribution in [-0.4, -0.2) is 35.7 Å². The lowest BCUT2D eigenvalue weighted by Crippen LogP contribution is -2.30. The van der Waals surface area contributed by atoms with Gasteiger partial charge in [0.25, 0.3) is 15.6 Å². The minimum absolute atomic E-state index is 0.0155. The highest BCUT2D eigenvalue weighted by atomic mass is 32.2. The number of azo groups is 1. The molecule has 222 valence electrons. The molecule has 0 fully saturated rings. The number of aromatic carboxylic acids is 1. The van der Waals surface area contributed by atoms with Crippen molar-refractivity contribution >= 4 is 33.1 Å². The minimum Gasteiger partial charge on any atom is -0.493 e. The van der Waals surface area contributed by atoms with Gasteiger partial charge in [0, 0.05) is 18.7 Å². The van der Waals surface area contributed by atoms with E-state index >= 15 is 0 Å². The smallest absolute Gasteiger partial charge is 0.335 e. The van der Waals surface area contributed by atoms with Gasteiger partial charge in [-0.05, 0) is 74.7 Å². The first kappa shape index (κ1) is 32.0. The standard InChI is InChI=1S/C30H35N5O6S/c1-5-8-9-21(6-2)19-34-28(36)26(18-31)20(4)27(29(34)37)33-32-23-12-16-25(17-13-23)42(40,41)35(7-3)24-14-10-22(11-15-24)30(38)39/h10-17,21,36H,5-9,19H2,1-4H3,(H,38,39). The molecule has 3 aromatic rings. The molecule has 0 spiro atoms. The molecule has 0 bridgehead atoms. The Balaban J connectivity index is 1.93. The zero-order chi connectivity index (χ0) is 31.0. The lowest BCUT2D eigenvalue weighted by atomic mass is 9.99. The number of carboxylic acid groups (broad SMARTS) is 1. The average Bonchev–Trinajstić information content (AvgIpc) is 2.97. The van der Waals surface area contributed by atoms with Gasteiger partial charge in [-0.15, -0.1) is 5.11 Å². The van der Waals surface area contributed by atoms with E-state index in [0.29, 0.717) is 5.69 Å². The van der Waals surface area contributed by atoms with Crippen LogP contribution in [0, 0.1) is 24.2 Å². The van der Waals surface area contributed by atoms with Crippen molar-refractivity contribution in [3.8, 4) is 11.9 Å². The van der Waals surface area contributed by atoms with Crippen LogP contribution in [0.1, 0.15) is 67.9 Å². The van der Waals surface area contributed by atoms with E-state index in [1.54, 1.807) is 6.92 Å². The normalized spacial score (nSPS) is 12.3. The number of hydrogen-bond donors (Lipinski definition) is 2. The van der Waals surface area contributed by atoms with Crippen LogP contribution in [0.25, 0.3) is 0 Å². The first-order chi connectivity index (χ1) is 20.0. The van der Waals surface area contributed by atoms with Gasteiger partial charge in [-0.2, -0.15) is 10.4 Å². The van der Waals surface area contributed by atoms with Gasteiger partial charge >= 0.3 is 5.97 Å². The molecule has 0 aliphatic rings. The van der Waals surface area contributed by atoms with Crippen molar-refractivity contribution in [3.63, 3.8) is 0 Å². The molecular weight excluding hydrogens is 558 g/mol. The van der Waals surface area contributed by atoms with Crippen molar-refractivity contribution in [3.05, 3.63) is 75.6 Å². The molecule has 2 aromatic carbocycles. The molecule has 2 N–H and O–H groups in total. The molecule has 1 heterocycles. The van der Waals surface area contributed by atoms with Crippen molar-refractivity contribution in [1.29, 1.82) is 5.26 Å². The molecule has 11 nitrogen and oxygen atoms in total. The molecule has 3 rings (SSSR count). The van der Waals surface area contributed by atoms with Gasteiger partial charge < -0.3 is 10.2 Å². The molecule has 1 atom stereocenters. The number of benzene rings is 2. The minimum atomic E-state index is -3.98. The molecule has 0 amide bonds. The molecule has 0 saturated heterocycles. The van der Waals surface area contributed by atoms with Crippen LogP contribution >= 0.6 is 0 Å². The number of anilines is 1. The number of aromatic nitrogens is 1. The SMILES string of the molecule is CCCCC(CC)Cn1c(O)c(C#N)c(C)c(N=Nc2ccc(S(=O)(=O)N(CC)c3ccc(C(=O)O)cc3)cc2)c1=O. The predicted octanol–water partition coefficient (Wildman–Crippen LogP) is 6.28. The van der Waals surface area contributed by atoms with Gasteiger partial charge in [0.15, 0.2) is 5.69 Å². The zero-order valence-electron chi connectivity index (χ0n) is 24.1. The number of pyridine rings is 1. The molecule has 0 aliphatic carbocycles. The number of carboxylic acids is 1. The van der Waals surface area contributed by atoms with E-state index in [9.17, 15) is 28.4 Å². The number of unbranched alkanes of at least 4 members (excludes halogenated alkanes) is 1. The number of nitriles is 1. The average molecular weight is 594 g/mol. The van der Waals surface area contributed by atoms with Gasteiger partial charge in [-0.3, -0.25) is 13.7 Å². The molecule has 0 saturated carbocycles. The number of nitrogens with zero attached hydrogens (tertiary/aromatic N) is 5. The topological polar surface area (TPSA) is 165 Å². The summed E-state index contributed by atoms with van der Waals surface area (Å²) in [4.78, 5) is 24.5. The first-order valence-electron chi connectivity index (χ1n) is 13.7. The maximum Gasteiger partial charge on any atom is 0.335 e. The summed E-state index contributed by atoms with van der Waals surface area (Å²) in [7, 11) is -3.98. The fourth-order valence-electron chi connectivity index (χ4n) is 4.58. The van der Waals surface area contributed by atoms with Crippen molar-refractivity contribution in [2.75, 3.05) is 10.8 Å². The van der Waals surface area contributed by atoms with Crippen LogP contribution in [-0.2, 0) is 16.6 Å². The van der Waals surface area contributed by atoms with Crippen molar-refractivity contribution in [2.45, 2.75) is 64.8 Å². The van der Waals surface area contributed by atoms with E-state index in [2.05, 4.69) is 17.2 Å². The van der Waals surface area contributed by atoms with Gasteiger partial charge in [-0.25, -0.2) is 13.2 Å². The third-order valence-corrected chi connectivity index (χ3v) is 9.05. The Morgan fingerprint density at radius 3 is 2.24 bits per heavy atom. The van der Waals surface area contributed by atoms with Crippen molar-refractivity contribution < 1.29 is 23.4 Å². The summed E-state index contributed by atoms with van der Waals surface area (Å²) in [6.07, 6.45) is 3.67. The molecule has 0 radical (unpaired) electrons. The molecule has 42 heavy (non-hydrogen) atoms. The maximum absolute atomic E-state index is 13.3. The van der Waals surface area contributed by atoms with Gasteiger partial charge in [0.2, 0.25) is 5.88 Å². The third kappa shape index (κ3) is 6.86. The van der Waals surface area contributed by atoms with E-state index in [0.717, 1.165) is 30.0 Å².